The standard InChI is InChI=1S/C22H17ClN2O/c23-20-9-5-4-8-19(20)21(22-24-14-15-25-22)16-10-12-18(13-11-16)26-17-6-2-1-3-7-17/h1-15,21H,(H,24,25). The summed E-state index contributed by atoms with van der Waals surface area (Å²) in [4.78, 5) is 7.67. The molecule has 0 bridgehead atoms. The number of H-pyrrole nitrogens is 1. The van der Waals surface area contributed by atoms with Crippen LogP contribution in [-0.4, -0.2) is 9.97 Å². The van der Waals surface area contributed by atoms with Crippen molar-refractivity contribution in [2.45, 2.75) is 5.92 Å². The molecular formula is C22H17ClN2O. The number of aromatic amines is 1. The molecule has 1 heterocycles. The average Bonchev–Trinajstić information content (AvgIpc) is 3.20. The minimum atomic E-state index is -0.0653. The molecule has 0 amide bonds. The number of nitrogens with one attached hydrogen (secondary N) is 1. The van der Waals surface area contributed by atoms with Crippen molar-refractivity contribution in [1.82, 2.24) is 9.97 Å². The fourth-order valence-corrected chi connectivity index (χ4v) is 3.23. The van der Waals surface area contributed by atoms with Gasteiger partial charge in [-0.3, -0.25) is 0 Å². The van der Waals surface area contributed by atoms with Gasteiger partial charge in [0.1, 0.15) is 17.3 Å². The lowest BCUT2D eigenvalue weighted by Gasteiger charge is -2.18. The van der Waals surface area contributed by atoms with Crippen molar-refractivity contribution in [3.05, 3.63) is 113 Å². The van der Waals surface area contributed by atoms with E-state index >= 15 is 0 Å². The number of ether oxygens (including phenoxy) is 1. The Morgan fingerprint density at radius 3 is 2.19 bits per heavy atom. The molecule has 0 spiro atoms. The maximum Gasteiger partial charge on any atom is 0.127 e. The molecule has 26 heavy (non-hydrogen) atoms. The average molecular weight is 361 g/mol. The molecular weight excluding hydrogens is 344 g/mol. The summed E-state index contributed by atoms with van der Waals surface area (Å²) in [5.41, 5.74) is 2.11. The van der Waals surface area contributed by atoms with Crippen LogP contribution in [0.3, 0.4) is 0 Å². The largest absolute Gasteiger partial charge is 0.457 e. The number of para-hydroxylation sites is 1. The van der Waals surface area contributed by atoms with Gasteiger partial charge in [-0.05, 0) is 41.5 Å². The van der Waals surface area contributed by atoms with Crippen LogP contribution in [0, 0.1) is 0 Å². The van der Waals surface area contributed by atoms with Crippen molar-refractivity contribution in [3.8, 4) is 11.5 Å². The van der Waals surface area contributed by atoms with Gasteiger partial charge < -0.3 is 9.72 Å². The van der Waals surface area contributed by atoms with E-state index in [4.69, 9.17) is 16.3 Å². The molecule has 4 aromatic rings. The van der Waals surface area contributed by atoms with Gasteiger partial charge >= 0.3 is 0 Å². The van der Waals surface area contributed by atoms with Crippen LogP contribution < -0.4 is 4.74 Å². The molecule has 1 atom stereocenters. The monoisotopic (exact) mass is 360 g/mol. The van der Waals surface area contributed by atoms with E-state index in [2.05, 4.69) is 22.1 Å². The van der Waals surface area contributed by atoms with E-state index < -0.39 is 0 Å². The second-order valence-corrected chi connectivity index (χ2v) is 6.32. The Morgan fingerprint density at radius 1 is 0.808 bits per heavy atom. The van der Waals surface area contributed by atoms with Gasteiger partial charge in [0.2, 0.25) is 0 Å². The Bertz CT molecular complexity index is 967. The highest BCUT2D eigenvalue weighted by molar-refractivity contribution is 6.31. The number of nitrogens with zero attached hydrogens (tertiary/aromatic N) is 1. The van der Waals surface area contributed by atoms with Gasteiger partial charge in [-0.2, -0.15) is 0 Å². The number of imidazole rings is 1. The maximum atomic E-state index is 6.46. The minimum absolute atomic E-state index is 0.0653. The highest BCUT2D eigenvalue weighted by Crippen LogP contribution is 2.35. The zero-order chi connectivity index (χ0) is 17.8. The van der Waals surface area contributed by atoms with Crippen molar-refractivity contribution in [1.29, 1.82) is 0 Å². The lowest BCUT2D eigenvalue weighted by Crippen LogP contribution is -2.06. The van der Waals surface area contributed by atoms with E-state index in [1.807, 2.05) is 72.9 Å². The van der Waals surface area contributed by atoms with Crippen molar-refractivity contribution in [2.24, 2.45) is 0 Å². The number of aromatic nitrogens is 2. The molecule has 3 aromatic carbocycles. The molecule has 1 aromatic heterocycles. The van der Waals surface area contributed by atoms with Crippen LogP contribution in [0.2, 0.25) is 5.02 Å². The molecule has 0 fully saturated rings. The van der Waals surface area contributed by atoms with Crippen molar-refractivity contribution in [3.63, 3.8) is 0 Å². The Hall–Kier alpha value is -3.04. The molecule has 1 unspecified atom stereocenters. The fourth-order valence-electron chi connectivity index (χ4n) is 2.98. The van der Waals surface area contributed by atoms with Gasteiger partial charge in [0.05, 0.1) is 5.92 Å². The second kappa shape index (κ2) is 7.46. The molecule has 0 aliphatic rings. The third kappa shape index (κ3) is 3.48. The Kier molecular flexibility index (Phi) is 4.71. The molecule has 0 radical (unpaired) electrons. The van der Waals surface area contributed by atoms with Crippen LogP contribution in [0.4, 0.5) is 0 Å². The summed E-state index contributed by atoms with van der Waals surface area (Å²) in [6, 6.07) is 25.6. The van der Waals surface area contributed by atoms with E-state index in [-0.39, 0.29) is 5.92 Å². The maximum absolute atomic E-state index is 6.46. The topological polar surface area (TPSA) is 37.9 Å². The van der Waals surface area contributed by atoms with Gasteiger partial charge in [0.25, 0.3) is 0 Å². The molecule has 4 heteroatoms. The summed E-state index contributed by atoms with van der Waals surface area (Å²) in [7, 11) is 0. The van der Waals surface area contributed by atoms with Gasteiger partial charge in [-0.25, -0.2) is 4.98 Å². The van der Waals surface area contributed by atoms with Crippen LogP contribution in [-0.2, 0) is 0 Å². The van der Waals surface area contributed by atoms with Crippen molar-refractivity contribution in [2.75, 3.05) is 0 Å². The first kappa shape index (κ1) is 16.4. The first-order chi connectivity index (χ1) is 12.8. The molecule has 0 aliphatic carbocycles. The predicted molar refractivity (Wildman–Crippen MR) is 104 cm³/mol. The predicted octanol–water partition coefficient (Wildman–Crippen LogP) is 6.04. The molecule has 0 saturated carbocycles. The summed E-state index contributed by atoms with van der Waals surface area (Å²) >= 11 is 6.46. The lowest BCUT2D eigenvalue weighted by molar-refractivity contribution is 0.482. The molecule has 0 saturated heterocycles. The fraction of sp³-hybridized carbons (Fsp3) is 0.0455. The lowest BCUT2D eigenvalue weighted by atomic mass is 9.90. The van der Waals surface area contributed by atoms with Gasteiger partial charge in [-0.1, -0.05) is 60.1 Å². The van der Waals surface area contributed by atoms with Crippen LogP contribution >= 0.6 is 11.6 Å². The van der Waals surface area contributed by atoms with Gasteiger partial charge in [0, 0.05) is 17.4 Å². The summed E-state index contributed by atoms with van der Waals surface area (Å²) in [6.45, 7) is 0. The SMILES string of the molecule is Clc1ccccc1C(c1ccc(Oc2ccccc2)cc1)c1ncc[nH]1. The Labute approximate surface area is 157 Å². The number of rotatable bonds is 5. The van der Waals surface area contributed by atoms with Crippen LogP contribution in [0.25, 0.3) is 0 Å². The first-order valence-electron chi connectivity index (χ1n) is 8.38. The summed E-state index contributed by atoms with van der Waals surface area (Å²) in [5, 5.41) is 0.721. The number of hydrogen-bond acceptors (Lipinski definition) is 2. The normalized spacial score (nSPS) is 11.9. The Morgan fingerprint density at radius 2 is 1.50 bits per heavy atom. The number of halogens is 1. The summed E-state index contributed by atoms with van der Waals surface area (Å²) < 4.78 is 5.88. The van der Waals surface area contributed by atoms with Gasteiger partial charge in [0.15, 0.2) is 0 Å². The molecule has 128 valence electrons. The highest BCUT2D eigenvalue weighted by Gasteiger charge is 2.21. The van der Waals surface area contributed by atoms with E-state index in [0.29, 0.717) is 0 Å². The molecule has 1 N–H and O–H groups in total. The molecule has 4 rings (SSSR count). The summed E-state index contributed by atoms with van der Waals surface area (Å²) in [6.07, 6.45) is 3.58. The smallest absolute Gasteiger partial charge is 0.127 e. The third-order valence-corrected chi connectivity index (χ3v) is 4.55. The zero-order valence-corrected chi connectivity index (χ0v) is 14.7. The van der Waals surface area contributed by atoms with Gasteiger partial charge in [-0.15, -0.1) is 0 Å². The van der Waals surface area contributed by atoms with Crippen molar-refractivity contribution >= 4 is 11.6 Å². The quantitative estimate of drug-likeness (QED) is 0.471. The zero-order valence-electron chi connectivity index (χ0n) is 14.0. The minimum Gasteiger partial charge on any atom is -0.457 e. The third-order valence-electron chi connectivity index (χ3n) is 4.20. The summed E-state index contributed by atoms with van der Waals surface area (Å²) in [5.74, 6) is 2.39. The van der Waals surface area contributed by atoms with E-state index in [0.717, 1.165) is 33.5 Å². The number of benzene rings is 3. The van der Waals surface area contributed by atoms with Crippen LogP contribution in [0.15, 0.2) is 91.3 Å². The van der Waals surface area contributed by atoms with Crippen LogP contribution in [0.1, 0.15) is 22.9 Å². The number of hydrogen-bond donors (Lipinski definition) is 1. The van der Waals surface area contributed by atoms with Crippen molar-refractivity contribution < 1.29 is 4.74 Å². The van der Waals surface area contributed by atoms with E-state index in [9.17, 15) is 0 Å². The second-order valence-electron chi connectivity index (χ2n) is 5.91. The first-order valence-corrected chi connectivity index (χ1v) is 8.75. The Balaban J connectivity index is 1.67. The van der Waals surface area contributed by atoms with Crippen LogP contribution in [0.5, 0.6) is 11.5 Å². The molecule has 0 aliphatic heterocycles. The molecule has 3 nitrogen and oxygen atoms in total. The highest BCUT2D eigenvalue weighted by atomic mass is 35.5. The van der Waals surface area contributed by atoms with E-state index in [1.54, 1.807) is 6.20 Å². The van der Waals surface area contributed by atoms with E-state index in [1.165, 1.54) is 0 Å².